The average molecular weight is 371 g/mol. The summed E-state index contributed by atoms with van der Waals surface area (Å²) < 4.78 is 0. The van der Waals surface area contributed by atoms with E-state index in [1.54, 1.807) is 24.3 Å². The molecule has 1 atom stereocenters. The number of piperidine rings is 1. The Hall–Kier alpha value is -2.71. The predicted molar refractivity (Wildman–Crippen MR) is 103 cm³/mol. The van der Waals surface area contributed by atoms with E-state index in [0.717, 1.165) is 32.5 Å². The molecule has 1 aliphatic heterocycles. The maximum absolute atomic E-state index is 12.3. The molecule has 3 rings (SSSR count). The third kappa shape index (κ3) is 5.15. The summed E-state index contributed by atoms with van der Waals surface area (Å²) >= 11 is 0. The molecule has 1 amide bonds. The van der Waals surface area contributed by atoms with E-state index >= 15 is 0 Å². The van der Waals surface area contributed by atoms with Gasteiger partial charge in [-0.05, 0) is 37.4 Å². The van der Waals surface area contributed by atoms with Crippen molar-refractivity contribution in [1.82, 2.24) is 20.2 Å². The van der Waals surface area contributed by atoms with Crippen molar-refractivity contribution in [2.75, 3.05) is 38.5 Å². The number of amides is 1. The number of nitrogens with one attached hydrogen (secondary N) is 2. The van der Waals surface area contributed by atoms with Crippen molar-refractivity contribution in [3.63, 3.8) is 0 Å². The quantitative estimate of drug-likeness (QED) is 0.585. The summed E-state index contributed by atoms with van der Waals surface area (Å²) in [6, 6.07) is 8.25. The summed E-state index contributed by atoms with van der Waals surface area (Å²) in [6.45, 7) is 3.45. The number of carbonyl (C=O) groups is 1. The number of rotatable bonds is 6. The molecule has 1 aromatic heterocycles. The van der Waals surface area contributed by atoms with Crippen molar-refractivity contribution in [2.45, 2.75) is 12.8 Å². The third-order valence-corrected chi connectivity index (χ3v) is 4.78. The summed E-state index contributed by atoms with van der Waals surface area (Å²) in [6.07, 6.45) is 2.15. The molecular formula is C19H25N5O3. The highest BCUT2D eigenvalue weighted by atomic mass is 16.3. The molecule has 1 saturated heterocycles. The molecule has 0 radical (unpaired) electrons. The molecule has 1 aliphatic rings. The molecule has 0 spiro atoms. The zero-order chi connectivity index (χ0) is 19.2. The Morgan fingerprint density at radius 3 is 2.85 bits per heavy atom. The highest BCUT2D eigenvalue weighted by Gasteiger charge is 2.18. The van der Waals surface area contributed by atoms with Gasteiger partial charge in [-0.1, -0.05) is 12.1 Å². The van der Waals surface area contributed by atoms with Crippen LogP contribution in [-0.4, -0.2) is 58.7 Å². The molecular weight excluding hydrogens is 346 g/mol. The zero-order valence-corrected chi connectivity index (χ0v) is 15.1. The van der Waals surface area contributed by atoms with Crippen LogP contribution >= 0.6 is 0 Å². The number of anilines is 1. The first kappa shape index (κ1) is 19.1. The number of benzene rings is 1. The van der Waals surface area contributed by atoms with Crippen LogP contribution in [0.1, 0.15) is 23.2 Å². The summed E-state index contributed by atoms with van der Waals surface area (Å²) in [4.78, 5) is 32.6. The Morgan fingerprint density at radius 1 is 1.37 bits per heavy atom. The van der Waals surface area contributed by atoms with Gasteiger partial charge in [0.25, 0.3) is 11.5 Å². The van der Waals surface area contributed by atoms with Gasteiger partial charge in [0.15, 0.2) is 0 Å². The van der Waals surface area contributed by atoms with E-state index in [1.165, 1.54) is 6.07 Å². The normalized spacial score (nSPS) is 17.6. The van der Waals surface area contributed by atoms with Gasteiger partial charge in [0.1, 0.15) is 0 Å². The Bertz CT molecular complexity index is 834. The maximum atomic E-state index is 12.3. The van der Waals surface area contributed by atoms with Gasteiger partial charge in [-0.25, -0.2) is 4.98 Å². The Labute approximate surface area is 157 Å². The topological polar surface area (TPSA) is 124 Å². The van der Waals surface area contributed by atoms with E-state index in [4.69, 9.17) is 5.73 Å². The molecule has 0 unspecified atom stereocenters. The van der Waals surface area contributed by atoms with Gasteiger partial charge in [0.2, 0.25) is 5.95 Å². The molecule has 2 heterocycles. The monoisotopic (exact) mass is 371 g/mol. The lowest BCUT2D eigenvalue weighted by atomic mass is 9.99. The number of H-pyrrole nitrogens is 1. The number of nitrogen functional groups attached to an aromatic ring is 1. The van der Waals surface area contributed by atoms with Crippen LogP contribution in [0.2, 0.25) is 0 Å². The lowest BCUT2D eigenvalue weighted by Gasteiger charge is -2.31. The minimum atomic E-state index is -0.319. The van der Waals surface area contributed by atoms with Crippen LogP contribution in [0.15, 0.2) is 35.1 Å². The standard InChI is InChI=1S/C19H25N5O3/c20-19-22-16(10-17(26)23-19)14-3-5-15(6-4-14)18(27)21-7-9-24-8-1-2-13(11-24)12-25/h3-6,10,13,25H,1-2,7-9,11-12H2,(H,21,27)(H3,20,22,23,26)/t13-/m0/s1. The van der Waals surface area contributed by atoms with Gasteiger partial charge in [-0.2, -0.15) is 0 Å². The highest BCUT2D eigenvalue weighted by Crippen LogP contribution is 2.17. The smallest absolute Gasteiger partial charge is 0.252 e. The van der Waals surface area contributed by atoms with E-state index in [-0.39, 0.29) is 24.0 Å². The zero-order valence-electron chi connectivity index (χ0n) is 15.1. The molecule has 8 heteroatoms. The predicted octanol–water partition coefficient (Wildman–Crippen LogP) is 0.453. The van der Waals surface area contributed by atoms with Crippen molar-refractivity contribution in [1.29, 1.82) is 0 Å². The molecule has 1 fully saturated rings. The number of aromatic amines is 1. The van der Waals surface area contributed by atoms with E-state index < -0.39 is 0 Å². The summed E-state index contributed by atoms with van der Waals surface area (Å²) in [7, 11) is 0. The van der Waals surface area contributed by atoms with Crippen molar-refractivity contribution < 1.29 is 9.90 Å². The number of aliphatic hydroxyl groups is 1. The molecule has 0 bridgehead atoms. The molecule has 2 aromatic rings. The van der Waals surface area contributed by atoms with Crippen molar-refractivity contribution in [3.05, 3.63) is 46.2 Å². The van der Waals surface area contributed by atoms with Gasteiger partial charge in [0.05, 0.1) is 5.69 Å². The van der Waals surface area contributed by atoms with Crippen LogP contribution in [0.5, 0.6) is 0 Å². The number of nitrogens with zero attached hydrogens (tertiary/aromatic N) is 2. The minimum Gasteiger partial charge on any atom is -0.396 e. The van der Waals surface area contributed by atoms with E-state index in [2.05, 4.69) is 20.2 Å². The van der Waals surface area contributed by atoms with Crippen LogP contribution in [0, 0.1) is 5.92 Å². The van der Waals surface area contributed by atoms with Gasteiger partial charge < -0.3 is 21.1 Å². The lowest BCUT2D eigenvalue weighted by molar-refractivity contribution is 0.0930. The van der Waals surface area contributed by atoms with Crippen LogP contribution in [-0.2, 0) is 0 Å². The second-order valence-electron chi connectivity index (χ2n) is 6.84. The van der Waals surface area contributed by atoms with Gasteiger partial charge in [0, 0.05) is 43.4 Å². The fraction of sp³-hybridized carbons (Fsp3) is 0.421. The Balaban J connectivity index is 1.54. The molecule has 0 aliphatic carbocycles. The molecule has 0 saturated carbocycles. The number of hydrogen-bond acceptors (Lipinski definition) is 6. The van der Waals surface area contributed by atoms with E-state index in [9.17, 15) is 14.7 Å². The number of hydrogen-bond donors (Lipinski definition) is 4. The fourth-order valence-electron chi connectivity index (χ4n) is 3.35. The van der Waals surface area contributed by atoms with Gasteiger partial charge >= 0.3 is 0 Å². The number of carbonyl (C=O) groups excluding carboxylic acids is 1. The third-order valence-electron chi connectivity index (χ3n) is 4.78. The second kappa shape index (κ2) is 8.79. The molecule has 1 aromatic carbocycles. The first-order valence-electron chi connectivity index (χ1n) is 9.14. The number of likely N-dealkylation sites (tertiary alicyclic amines) is 1. The van der Waals surface area contributed by atoms with Crippen LogP contribution in [0.25, 0.3) is 11.3 Å². The fourth-order valence-corrected chi connectivity index (χ4v) is 3.35. The minimum absolute atomic E-state index is 0.0560. The largest absolute Gasteiger partial charge is 0.396 e. The van der Waals surface area contributed by atoms with Crippen molar-refractivity contribution in [3.8, 4) is 11.3 Å². The number of aliphatic hydroxyl groups excluding tert-OH is 1. The number of aromatic nitrogens is 2. The maximum Gasteiger partial charge on any atom is 0.252 e. The van der Waals surface area contributed by atoms with Crippen LogP contribution in [0.3, 0.4) is 0 Å². The Kier molecular flexibility index (Phi) is 6.20. The molecule has 5 N–H and O–H groups in total. The molecule has 144 valence electrons. The number of nitrogens with two attached hydrogens (primary N) is 1. The first-order valence-corrected chi connectivity index (χ1v) is 9.14. The van der Waals surface area contributed by atoms with Crippen LogP contribution in [0.4, 0.5) is 5.95 Å². The summed E-state index contributed by atoms with van der Waals surface area (Å²) in [5.74, 6) is 0.256. The molecule has 8 nitrogen and oxygen atoms in total. The second-order valence-corrected chi connectivity index (χ2v) is 6.84. The van der Waals surface area contributed by atoms with E-state index in [1.807, 2.05) is 0 Å². The van der Waals surface area contributed by atoms with Crippen molar-refractivity contribution >= 4 is 11.9 Å². The van der Waals surface area contributed by atoms with Crippen molar-refractivity contribution in [2.24, 2.45) is 5.92 Å². The van der Waals surface area contributed by atoms with E-state index in [0.29, 0.717) is 29.3 Å². The average Bonchev–Trinajstić information content (AvgIpc) is 2.67. The molecule has 27 heavy (non-hydrogen) atoms. The first-order chi connectivity index (χ1) is 13.0. The SMILES string of the molecule is Nc1nc(-c2ccc(C(=O)NCCN3CCC[C@H](CO)C3)cc2)cc(=O)[nH]1. The summed E-state index contributed by atoms with van der Waals surface area (Å²) in [5.41, 5.74) is 6.97. The summed E-state index contributed by atoms with van der Waals surface area (Å²) in [5, 5.41) is 12.2. The van der Waals surface area contributed by atoms with Gasteiger partial charge in [-0.3, -0.25) is 14.6 Å². The Morgan fingerprint density at radius 2 is 2.15 bits per heavy atom. The van der Waals surface area contributed by atoms with Gasteiger partial charge in [-0.15, -0.1) is 0 Å². The lowest BCUT2D eigenvalue weighted by Crippen LogP contribution is -2.41. The van der Waals surface area contributed by atoms with Crippen LogP contribution < -0.4 is 16.6 Å². The highest BCUT2D eigenvalue weighted by molar-refractivity contribution is 5.94.